The number of rotatable bonds is 13. The van der Waals surface area contributed by atoms with Crippen LogP contribution in [0.25, 0.3) is 11.2 Å². The van der Waals surface area contributed by atoms with Crippen molar-refractivity contribution in [1.82, 2.24) is 19.5 Å². The minimum atomic E-state index is -3.98. The van der Waals surface area contributed by atoms with E-state index < -0.39 is 68.3 Å². The number of hydrogen-bond donors (Lipinski definition) is 3. The van der Waals surface area contributed by atoms with Gasteiger partial charge in [0.25, 0.3) is 0 Å². The number of nitrogens with zero attached hydrogens (tertiary/aromatic N) is 4. The van der Waals surface area contributed by atoms with Crippen LogP contribution in [0.4, 0.5) is 5.82 Å². The number of fused-ring (bicyclic) bond motifs is 1. The van der Waals surface area contributed by atoms with Gasteiger partial charge in [-0.2, -0.15) is 0 Å². The predicted octanol–water partition coefficient (Wildman–Crippen LogP) is 2.80. The molecule has 0 aliphatic heterocycles. The summed E-state index contributed by atoms with van der Waals surface area (Å²) in [6.07, 6.45) is 3.01. The number of carboxylic acid groups (broad SMARTS) is 2. The molecule has 0 saturated heterocycles. The van der Waals surface area contributed by atoms with Crippen LogP contribution in [0.2, 0.25) is 0 Å². The molecule has 0 bridgehead atoms. The molecule has 0 aliphatic rings. The number of aromatic nitrogens is 4. The zero-order valence-electron chi connectivity index (χ0n) is 25.0. The molecule has 2 aromatic heterocycles. The van der Waals surface area contributed by atoms with Crippen molar-refractivity contribution in [1.29, 1.82) is 0 Å². The summed E-state index contributed by atoms with van der Waals surface area (Å²) in [5, 5.41) is 15.6. The van der Waals surface area contributed by atoms with E-state index in [1.807, 2.05) is 0 Å². The van der Waals surface area contributed by atoms with Gasteiger partial charge in [-0.25, -0.2) is 24.5 Å². The Morgan fingerprint density at radius 1 is 0.930 bits per heavy atom. The van der Waals surface area contributed by atoms with Gasteiger partial charge in [0.05, 0.1) is 29.8 Å². The van der Waals surface area contributed by atoms with E-state index in [0.29, 0.717) is 29.9 Å². The summed E-state index contributed by atoms with van der Waals surface area (Å²) in [5.41, 5.74) is 5.23. The molecule has 0 fully saturated rings. The van der Waals surface area contributed by atoms with Gasteiger partial charge < -0.3 is 34.7 Å². The van der Waals surface area contributed by atoms with Crippen LogP contribution in [-0.4, -0.2) is 79.6 Å². The SMILES string of the molecule is C[C@H](Cn1cnc2c(N)ncnc21)OCP(=O)(OCOC(=O)C(C)(C)C)OCOC(=O)C(C)(C)C.O=C(O)/C=C/C(=O)O. The van der Waals surface area contributed by atoms with Gasteiger partial charge in [0.2, 0.25) is 13.6 Å². The molecular weight excluding hydrogens is 593 g/mol. The lowest BCUT2D eigenvalue weighted by Crippen LogP contribution is -2.25. The van der Waals surface area contributed by atoms with E-state index in [1.165, 1.54) is 6.33 Å². The first-order valence-corrected chi connectivity index (χ1v) is 14.4. The first-order valence-electron chi connectivity index (χ1n) is 12.6. The minimum absolute atomic E-state index is 0.253. The van der Waals surface area contributed by atoms with Crippen molar-refractivity contribution in [3.8, 4) is 0 Å². The monoisotopic (exact) mass is 631 g/mol. The van der Waals surface area contributed by atoms with E-state index in [-0.39, 0.29) is 5.82 Å². The fraction of sp³-hybridized carbons (Fsp3) is 0.560. The third kappa shape index (κ3) is 13.7. The summed E-state index contributed by atoms with van der Waals surface area (Å²) in [4.78, 5) is 55.3. The van der Waals surface area contributed by atoms with Gasteiger partial charge in [0.15, 0.2) is 11.5 Å². The number of ether oxygens (including phenoxy) is 3. The molecule has 0 saturated carbocycles. The number of nitrogen functional groups attached to an aromatic ring is 1. The Balaban J connectivity index is 0.00000101. The molecule has 0 unspecified atom stereocenters. The van der Waals surface area contributed by atoms with Gasteiger partial charge in [-0.1, -0.05) is 0 Å². The first-order chi connectivity index (χ1) is 19.7. The van der Waals surface area contributed by atoms with Crippen molar-refractivity contribution in [3.05, 3.63) is 24.8 Å². The molecule has 0 radical (unpaired) electrons. The summed E-state index contributed by atoms with van der Waals surface area (Å²) >= 11 is 0. The van der Waals surface area contributed by atoms with E-state index in [9.17, 15) is 23.7 Å². The highest BCUT2D eigenvalue weighted by Gasteiger charge is 2.31. The number of carbonyl (C=O) groups excluding carboxylic acids is 2. The van der Waals surface area contributed by atoms with Gasteiger partial charge in [-0.15, -0.1) is 0 Å². The lowest BCUT2D eigenvalue weighted by Gasteiger charge is -2.23. The second-order valence-corrected chi connectivity index (χ2v) is 12.9. The molecule has 0 aliphatic carbocycles. The van der Waals surface area contributed by atoms with Crippen molar-refractivity contribution in [2.45, 2.75) is 61.1 Å². The zero-order valence-corrected chi connectivity index (χ0v) is 25.9. The third-order valence-corrected chi connectivity index (χ3v) is 6.34. The maximum atomic E-state index is 13.2. The molecule has 0 spiro atoms. The van der Waals surface area contributed by atoms with Crippen LogP contribution in [0.1, 0.15) is 48.5 Å². The second kappa shape index (κ2) is 16.1. The maximum Gasteiger partial charge on any atom is 0.361 e. The number of esters is 2. The Hall–Kier alpha value is -3.92. The Morgan fingerprint density at radius 2 is 1.42 bits per heavy atom. The van der Waals surface area contributed by atoms with Crippen LogP contribution in [0, 0.1) is 10.8 Å². The highest BCUT2D eigenvalue weighted by Crippen LogP contribution is 2.48. The Labute approximate surface area is 247 Å². The second-order valence-electron chi connectivity index (χ2n) is 10.9. The predicted molar refractivity (Wildman–Crippen MR) is 150 cm³/mol. The average Bonchev–Trinajstić information content (AvgIpc) is 3.29. The van der Waals surface area contributed by atoms with Crippen molar-refractivity contribution in [3.63, 3.8) is 0 Å². The highest BCUT2D eigenvalue weighted by atomic mass is 31.2. The lowest BCUT2D eigenvalue weighted by atomic mass is 9.98. The molecule has 2 heterocycles. The quantitative estimate of drug-likeness (QED) is 0.124. The summed E-state index contributed by atoms with van der Waals surface area (Å²) in [5.74, 6) is -3.36. The smallest absolute Gasteiger partial charge is 0.361 e. The molecule has 4 N–H and O–H groups in total. The zero-order chi connectivity index (χ0) is 33.0. The van der Waals surface area contributed by atoms with E-state index in [2.05, 4.69) is 15.0 Å². The fourth-order valence-electron chi connectivity index (χ4n) is 2.59. The molecule has 2 aromatic rings. The van der Waals surface area contributed by atoms with Crippen LogP contribution in [0.5, 0.6) is 0 Å². The lowest BCUT2D eigenvalue weighted by molar-refractivity contribution is -0.162. The average molecular weight is 632 g/mol. The largest absolute Gasteiger partial charge is 0.478 e. The van der Waals surface area contributed by atoms with Crippen LogP contribution in [0.15, 0.2) is 24.8 Å². The number of aliphatic carboxylic acids is 2. The highest BCUT2D eigenvalue weighted by molar-refractivity contribution is 7.53. The molecule has 2 rings (SSSR count). The van der Waals surface area contributed by atoms with Crippen molar-refractivity contribution < 1.29 is 57.2 Å². The molecule has 1 atom stereocenters. The van der Waals surface area contributed by atoms with Gasteiger partial charge in [0.1, 0.15) is 18.2 Å². The standard InChI is InChI=1S/C21H34N5O8P.C4H4O4/c1-14(8-26-10-25-15-16(22)23-9-24-17(15)26)32-13-35(29,33-11-30-18(27)20(2,3)4)34-12-31-19(28)21(5,6)7;5-3(6)1-2-4(7)8/h9-10,14H,8,11-13H2,1-7H3,(H2,22,23,24);1-2H,(H,5,6)(H,7,8)/b;2-1+/t14-;/m1./s1. The van der Waals surface area contributed by atoms with Crippen molar-refractivity contribution in [2.75, 3.05) is 25.7 Å². The van der Waals surface area contributed by atoms with E-state index in [0.717, 1.165) is 0 Å². The summed E-state index contributed by atoms with van der Waals surface area (Å²) < 4.78 is 41.2. The third-order valence-electron chi connectivity index (χ3n) is 4.87. The molecule has 240 valence electrons. The van der Waals surface area contributed by atoms with Crippen molar-refractivity contribution in [2.24, 2.45) is 10.8 Å². The topological polar surface area (TPSA) is 242 Å². The van der Waals surface area contributed by atoms with Gasteiger partial charge in [-0.3, -0.25) is 23.2 Å². The Morgan fingerprint density at radius 3 is 1.86 bits per heavy atom. The number of carboxylic acids is 2. The molecule has 17 nitrogen and oxygen atoms in total. The van der Waals surface area contributed by atoms with Crippen LogP contribution >= 0.6 is 7.60 Å². The number of carbonyl (C=O) groups is 4. The number of anilines is 1. The van der Waals surface area contributed by atoms with Crippen molar-refractivity contribution >= 4 is 48.5 Å². The molecule has 0 amide bonds. The van der Waals surface area contributed by atoms with Crippen LogP contribution < -0.4 is 5.73 Å². The van der Waals surface area contributed by atoms with Crippen LogP contribution in [-0.2, 0) is 53.5 Å². The maximum absolute atomic E-state index is 13.2. The van der Waals surface area contributed by atoms with E-state index in [4.69, 9.17) is 39.2 Å². The molecule has 43 heavy (non-hydrogen) atoms. The van der Waals surface area contributed by atoms with Gasteiger partial charge in [0, 0.05) is 12.2 Å². The Kier molecular flexibility index (Phi) is 13.9. The number of hydrogen-bond acceptors (Lipinski definition) is 14. The number of nitrogens with two attached hydrogens (primary N) is 1. The van der Waals surface area contributed by atoms with E-state index in [1.54, 1.807) is 59.4 Å². The molecular formula is C25H38N5O12P. The summed E-state index contributed by atoms with van der Waals surface area (Å²) in [7, 11) is -3.98. The summed E-state index contributed by atoms with van der Waals surface area (Å²) in [6.45, 7) is 10.8. The summed E-state index contributed by atoms with van der Waals surface area (Å²) in [6, 6.07) is 0. The fourth-order valence-corrected chi connectivity index (χ4v) is 3.68. The van der Waals surface area contributed by atoms with Gasteiger partial charge in [-0.05, 0) is 48.5 Å². The Bertz CT molecular complexity index is 1290. The van der Waals surface area contributed by atoms with E-state index >= 15 is 0 Å². The molecule has 18 heteroatoms. The normalized spacial score (nSPS) is 12.8. The van der Waals surface area contributed by atoms with Crippen LogP contribution in [0.3, 0.4) is 0 Å². The number of imidazole rings is 1. The van der Waals surface area contributed by atoms with Gasteiger partial charge >= 0.3 is 31.5 Å². The first kappa shape index (κ1) is 37.1. The minimum Gasteiger partial charge on any atom is -0.478 e. The molecule has 0 aromatic carbocycles.